The Morgan fingerprint density at radius 2 is 2.44 bits per heavy atom. The van der Waals surface area contributed by atoms with E-state index in [9.17, 15) is 4.79 Å². The highest BCUT2D eigenvalue weighted by Crippen LogP contribution is 2.12. The average molecular weight is 223 g/mol. The minimum Gasteiger partial charge on any atom is -0.375 e. The lowest BCUT2D eigenvalue weighted by atomic mass is 10.2. The predicted molar refractivity (Wildman–Crippen MR) is 58.9 cm³/mol. The third kappa shape index (κ3) is 2.24. The van der Waals surface area contributed by atoms with Crippen LogP contribution >= 0.6 is 0 Å². The normalized spacial score (nSPS) is 23.1. The summed E-state index contributed by atoms with van der Waals surface area (Å²) >= 11 is 0. The van der Waals surface area contributed by atoms with Gasteiger partial charge in [0.15, 0.2) is 0 Å². The maximum atomic E-state index is 12.2. The van der Waals surface area contributed by atoms with Crippen LogP contribution in [0.5, 0.6) is 0 Å². The molecule has 0 radical (unpaired) electrons. The molecule has 0 aliphatic carbocycles. The molecule has 5 nitrogen and oxygen atoms in total. The van der Waals surface area contributed by atoms with Crippen molar-refractivity contribution in [1.82, 2.24) is 14.7 Å². The molecule has 1 aromatic rings. The number of rotatable bonds is 2. The molecule has 0 saturated carbocycles. The predicted octanol–water partition coefficient (Wildman–Crippen LogP) is 0.691. The lowest BCUT2D eigenvalue weighted by molar-refractivity contribution is -0.141. The molecule has 0 spiro atoms. The topological polar surface area (TPSA) is 47.4 Å². The van der Waals surface area contributed by atoms with Crippen molar-refractivity contribution in [3.05, 3.63) is 18.5 Å². The molecular weight excluding hydrogens is 206 g/mol. The van der Waals surface area contributed by atoms with Gasteiger partial charge in [-0.25, -0.2) is 0 Å². The van der Waals surface area contributed by atoms with Crippen molar-refractivity contribution >= 4 is 5.91 Å². The first-order chi connectivity index (χ1) is 7.68. The van der Waals surface area contributed by atoms with Crippen molar-refractivity contribution in [2.24, 2.45) is 0 Å². The molecule has 1 amide bonds. The van der Waals surface area contributed by atoms with Gasteiger partial charge < -0.3 is 9.64 Å². The van der Waals surface area contributed by atoms with Crippen LogP contribution in [-0.2, 0) is 9.53 Å². The third-order valence-electron chi connectivity index (χ3n) is 2.83. The molecule has 2 rings (SSSR count). The number of aromatic nitrogens is 2. The van der Waals surface area contributed by atoms with Gasteiger partial charge in [-0.1, -0.05) is 0 Å². The quantitative estimate of drug-likeness (QED) is 0.741. The van der Waals surface area contributed by atoms with Crippen LogP contribution in [0.3, 0.4) is 0 Å². The minimum atomic E-state index is -0.236. The summed E-state index contributed by atoms with van der Waals surface area (Å²) in [6, 6.07) is 1.59. The van der Waals surface area contributed by atoms with Crippen LogP contribution in [0, 0.1) is 0 Å². The highest BCUT2D eigenvalue weighted by atomic mass is 16.5. The van der Waals surface area contributed by atoms with E-state index in [2.05, 4.69) is 5.10 Å². The van der Waals surface area contributed by atoms with E-state index in [0.29, 0.717) is 19.7 Å². The number of ether oxygens (including phenoxy) is 1. The van der Waals surface area contributed by atoms with E-state index < -0.39 is 0 Å². The smallest absolute Gasteiger partial charge is 0.247 e. The number of amides is 1. The zero-order valence-corrected chi connectivity index (χ0v) is 9.67. The Hall–Kier alpha value is -1.36. The lowest BCUT2D eigenvalue weighted by Gasteiger charge is -2.32. The van der Waals surface area contributed by atoms with E-state index in [0.717, 1.165) is 0 Å². The summed E-state index contributed by atoms with van der Waals surface area (Å²) in [6.07, 6.45) is 3.63. The number of morpholine rings is 1. The Balaban J connectivity index is 2.01. The maximum absolute atomic E-state index is 12.2. The molecule has 0 N–H and O–H groups in total. The standard InChI is InChI=1S/C11H17N3O2/c1-9-8-13(6-7-16-9)11(15)10(2)14-5-3-4-12-14/h3-5,9-10H,6-8H2,1-2H3. The zero-order chi connectivity index (χ0) is 11.5. The fraction of sp³-hybridized carbons (Fsp3) is 0.636. The fourth-order valence-corrected chi connectivity index (χ4v) is 1.91. The van der Waals surface area contributed by atoms with Gasteiger partial charge >= 0.3 is 0 Å². The van der Waals surface area contributed by atoms with Crippen LogP contribution in [0.2, 0.25) is 0 Å². The van der Waals surface area contributed by atoms with Crippen molar-refractivity contribution in [1.29, 1.82) is 0 Å². The Kier molecular flexibility index (Phi) is 3.24. The van der Waals surface area contributed by atoms with Gasteiger partial charge in [-0.2, -0.15) is 5.10 Å². The lowest BCUT2D eigenvalue weighted by Crippen LogP contribution is -2.46. The number of carbonyl (C=O) groups excluding carboxylic acids is 1. The van der Waals surface area contributed by atoms with Gasteiger partial charge in [0.25, 0.3) is 0 Å². The van der Waals surface area contributed by atoms with Gasteiger partial charge in [-0.05, 0) is 19.9 Å². The molecule has 0 bridgehead atoms. The minimum absolute atomic E-state index is 0.110. The molecule has 2 heterocycles. The molecule has 1 fully saturated rings. The monoisotopic (exact) mass is 223 g/mol. The highest BCUT2D eigenvalue weighted by molar-refractivity contribution is 5.80. The molecule has 1 saturated heterocycles. The number of nitrogens with zero attached hydrogens (tertiary/aromatic N) is 3. The van der Waals surface area contributed by atoms with E-state index in [1.807, 2.05) is 31.0 Å². The molecule has 2 atom stereocenters. The van der Waals surface area contributed by atoms with Crippen molar-refractivity contribution in [2.45, 2.75) is 26.0 Å². The van der Waals surface area contributed by atoms with Gasteiger partial charge in [0.2, 0.25) is 5.91 Å². The van der Waals surface area contributed by atoms with E-state index in [1.54, 1.807) is 10.9 Å². The molecule has 88 valence electrons. The largest absolute Gasteiger partial charge is 0.375 e. The first-order valence-electron chi connectivity index (χ1n) is 5.58. The van der Waals surface area contributed by atoms with Crippen LogP contribution in [0.1, 0.15) is 19.9 Å². The molecule has 16 heavy (non-hydrogen) atoms. The third-order valence-corrected chi connectivity index (χ3v) is 2.83. The van der Waals surface area contributed by atoms with E-state index in [4.69, 9.17) is 4.74 Å². The number of hydrogen-bond acceptors (Lipinski definition) is 3. The summed E-state index contributed by atoms with van der Waals surface area (Å²) in [6.45, 7) is 5.82. The second-order valence-electron chi connectivity index (χ2n) is 4.13. The Morgan fingerprint density at radius 1 is 1.62 bits per heavy atom. The molecule has 1 aromatic heterocycles. The van der Waals surface area contributed by atoms with Gasteiger partial charge in [0.05, 0.1) is 12.7 Å². The Bertz CT molecular complexity index is 350. The first-order valence-corrected chi connectivity index (χ1v) is 5.58. The van der Waals surface area contributed by atoms with Crippen molar-refractivity contribution in [2.75, 3.05) is 19.7 Å². The fourth-order valence-electron chi connectivity index (χ4n) is 1.91. The summed E-state index contributed by atoms with van der Waals surface area (Å²) < 4.78 is 7.10. The summed E-state index contributed by atoms with van der Waals surface area (Å²) in [4.78, 5) is 14.0. The van der Waals surface area contributed by atoms with Crippen LogP contribution in [0.15, 0.2) is 18.5 Å². The Morgan fingerprint density at radius 3 is 3.06 bits per heavy atom. The van der Waals surface area contributed by atoms with Crippen molar-refractivity contribution in [3.8, 4) is 0 Å². The zero-order valence-electron chi connectivity index (χ0n) is 9.67. The SMILES string of the molecule is CC1CN(C(=O)C(C)n2cccn2)CCO1. The number of carbonyl (C=O) groups is 1. The summed E-state index contributed by atoms with van der Waals surface area (Å²) in [5.74, 6) is 0.110. The van der Waals surface area contributed by atoms with Crippen LogP contribution in [-0.4, -0.2) is 46.4 Å². The van der Waals surface area contributed by atoms with Crippen molar-refractivity contribution < 1.29 is 9.53 Å². The molecule has 1 aliphatic rings. The molecule has 0 aromatic carbocycles. The maximum Gasteiger partial charge on any atom is 0.247 e. The summed E-state index contributed by atoms with van der Waals surface area (Å²) in [7, 11) is 0. The second-order valence-corrected chi connectivity index (χ2v) is 4.13. The van der Waals surface area contributed by atoms with E-state index in [-0.39, 0.29) is 18.1 Å². The summed E-state index contributed by atoms with van der Waals surface area (Å²) in [5.41, 5.74) is 0. The van der Waals surface area contributed by atoms with Gasteiger partial charge in [-0.3, -0.25) is 9.48 Å². The van der Waals surface area contributed by atoms with Crippen LogP contribution in [0.4, 0.5) is 0 Å². The van der Waals surface area contributed by atoms with Crippen molar-refractivity contribution in [3.63, 3.8) is 0 Å². The van der Waals surface area contributed by atoms with Crippen LogP contribution < -0.4 is 0 Å². The second kappa shape index (κ2) is 4.65. The van der Waals surface area contributed by atoms with Crippen LogP contribution in [0.25, 0.3) is 0 Å². The van der Waals surface area contributed by atoms with E-state index >= 15 is 0 Å². The van der Waals surface area contributed by atoms with E-state index in [1.165, 1.54) is 0 Å². The average Bonchev–Trinajstić information content (AvgIpc) is 2.80. The van der Waals surface area contributed by atoms with Gasteiger partial charge in [0.1, 0.15) is 6.04 Å². The van der Waals surface area contributed by atoms with Gasteiger partial charge in [0, 0.05) is 25.5 Å². The molecule has 1 aliphatic heterocycles. The highest BCUT2D eigenvalue weighted by Gasteiger charge is 2.26. The number of hydrogen-bond donors (Lipinski definition) is 0. The first kappa shape index (κ1) is 11.1. The molecule has 2 unspecified atom stereocenters. The van der Waals surface area contributed by atoms with Gasteiger partial charge in [-0.15, -0.1) is 0 Å². The Labute approximate surface area is 95.0 Å². The molecular formula is C11H17N3O2. The summed E-state index contributed by atoms with van der Waals surface area (Å²) in [5, 5.41) is 4.09. The molecule has 5 heteroatoms.